The van der Waals surface area contributed by atoms with E-state index in [2.05, 4.69) is 32.2 Å². The van der Waals surface area contributed by atoms with E-state index in [0.717, 1.165) is 55.0 Å². The Morgan fingerprint density at radius 2 is 2.00 bits per heavy atom. The van der Waals surface area contributed by atoms with Crippen LogP contribution in [0.1, 0.15) is 44.3 Å². The minimum Gasteiger partial charge on any atom is -0.341 e. The summed E-state index contributed by atoms with van der Waals surface area (Å²) in [4.78, 5) is 6.73. The van der Waals surface area contributed by atoms with E-state index in [9.17, 15) is 0 Å². The average molecular weight is 419 g/mol. The van der Waals surface area contributed by atoms with Gasteiger partial charge in [0, 0.05) is 19.5 Å². The van der Waals surface area contributed by atoms with Gasteiger partial charge in [-0.3, -0.25) is 4.57 Å². The van der Waals surface area contributed by atoms with Crippen molar-refractivity contribution in [1.29, 1.82) is 0 Å². The van der Waals surface area contributed by atoms with Crippen molar-refractivity contribution in [1.82, 2.24) is 24.9 Å². The van der Waals surface area contributed by atoms with Crippen molar-refractivity contribution in [3.05, 3.63) is 41.0 Å². The molecule has 0 radical (unpaired) electrons. The van der Waals surface area contributed by atoms with Crippen molar-refractivity contribution < 1.29 is 4.52 Å². The van der Waals surface area contributed by atoms with Gasteiger partial charge in [-0.05, 0) is 31.4 Å². The quantitative estimate of drug-likeness (QED) is 0.497. The van der Waals surface area contributed by atoms with Crippen molar-refractivity contribution in [2.75, 3.05) is 18.0 Å². The molecule has 0 amide bonds. The second kappa shape index (κ2) is 8.96. The van der Waals surface area contributed by atoms with Crippen LogP contribution in [0.15, 0.2) is 33.9 Å². The lowest BCUT2D eigenvalue weighted by Crippen LogP contribution is -2.22. The van der Waals surface area contributed by atoms with Crippen molar-refractivity contribution >= 4 is 29.3 Å². The van der Waals surface area contributed by atoms with Gasteiger partial charge in [-0.15, -0.1) is 10.2 Å². The van der Waals surface area contributed by atoms with Crippen LogP contribution in [0.2, 0.25) is 5.02 Å². The van der Waals surface area contributed by atoms with E-state index in [1.54, 1.807) is 0 Å². The van der Waals surface area contributed by atoms with Crippen LogP contribution < -0.4 is 4.90 Å². The maximum absolute atomic E-state index is 6.49. The first kappa shape index (κ1) is 19.3. The second-order valence-electron chi connectivity index (χ2n) is 6.76. The molecular formula is C19H23ClN6OS. The lowest BCUT2D eigenvalue weighted by molar-refractivity contribution is 0.384. The average Bonchev–Trinajstić information content (AvgIpc) is 3.45. The fraction of sp³-hybridized carbons (Fsp3) is 0.474. The molecule has 1 aliphatic rings. The summed E-state index contributed by atoms with van der Waals surface area (Å²) >= 11 is 8.02. The summed E-state index contributed by atoms with van der Waals surface area (Å²) in [6.45, 7) is 4.12. The van der Waals surface area contributed by atoms with Gasteiger partial charge >= 0.3 is 0 Å². The number of halogens is 1. The highest BCUT2D eigenvalue weighted by molar-refractivity contribution is 7.98. The number of thioether (sulfide) groups is 1. The molecule has 2 aromatic heterocycles. The highest BCUT2D eigenvalue weighted by atomic mass is 35.5. The zero-order valence-corrected chi connectivity index (χ0v) is 17.4. The molecule has 0 N–H and O–H groups in total. The highest BCUT2D eigenvalue weighted by Crippen LogP contribution is 2.32. The first-order chi connectivity index (χ1) is 13.8. The number of benzene rings is 1. The minimum atomic E-state index is 0.543. The van der Waals surface area contributed by atoms with Crippen LogP contribution in [-0.4, -0.2) is 38.0 Å². The smallest absolute Gasteiger partial charge is 0.237 e. The summed E-state index contributed by atoms with van der Waals surface area (Å²) in [5, 5.41) is 14.4. The fourth-order valence-electron chi connectivity index (χ4n) is 3.23. The first-order valence-corrected chi connectivity index (χ1v) is 11.0. The lowest BCUT2D eigenvalue weighted by atomic mass is 10.2. The van der Waals surface area contributed by atoms with E-state index >= 15 is 0 Å². The van der Waals surface area contributed by atoms with E-state index in [1.807, 2.05) is 28.8 Å². The number of hydrogen-bond acceptors (Lipinski definition) is 7. The summed E-state index contributed by atoms with van der Waals surface area (Å²) in [6, 6.07) is 7.78. The first-order valence-electron chi connectivity index (χ1n) is 9.65. The van der Waals surface area contributed by atoms with Crippen LogP contribution in [-0.2, 0) is 12.2 Å². The van der Waals surface area contributed by atoms with E-state index in [4.69, 9.17) is 16.1 Å². The summed E-state index contributed by atoms with van der Waals surface area (Å²) in [6.07, 6.45) is 5.35. The summed E-state index contributed by atoms with van der Waals surface area (Å²) in [5.74, 6) is 2.75. The number of nitrogens with zero attached hydrogens (tertiary/aromatic N) is 6. The van der Waals surface area contributed by atoms with E-state index in [-0.39, 0.29) is 0 Å². The topological polar surface area (TPSA) is 72.9 Å². The zero-order chi connectivity index (χ0) is 19.3. The number of aryl methyl sites for hydroxylation is 1. The van der Waals surface area contributed by atoms with Gasteiger partial charge in [0.1, 0.15) is 0 Å². The Kier molecular flexibility index (Phi) is 6.17. The van der Waals surface area contributed by atoms with Crippen LogP contribution in [0.5, 0.6) is 0 Å². The third kappa shape index (κ3) is 4.17. The van der Waals surface area contributed by atoms with E-state index in [0.29, 0.717) is 16.7 Å². The maximum atomic E-state index is 6.49. The number of aromatic nitrogens is 5. The Bertz CT molecular complexity index is 921. The summed E-state index contributed by atoms with van der Waals surface area (Å²) < 4.78 is 7.42. The van der Waals surface area contributed by atoms with Crippen molar-refractivity contribution in [3.63, 3.8) is 0 Å². The van der Waals surface area contributed by atoms with Gasteiger partial charge < -0.3 is 9.42 Å². The van der Waals surface area contributed by atoms with E-state index in [1.165, 1.54) is 24.6 Å². The largest absolute Gasteiger partial charge is 0.341 e. The number of rotatable bonds is 8. The molecule has 1 saturated heterocycles. The molecule has 148 valence electrons. The summed E-state index contributed by atoms with van der Waals surface area (Å²) in [5.41, 5.74) is 0.882. The molecule has 4 rings (SSSR count). The molecule has 9 heteroatoms. The van der Waals surface area contributed by atoms with Crippen LogP contribution in [0.25, 0.3) is 5.69 Å². The van der Waals surface area contributed by atoms with Gasteiger partial charge in [-0.25, -0.2) is 0 Å². The Morgan fingerprint density at radius 1 is 1.18 bits per heavy atom. The van der Waals surface area contributed by atoms with Crippen molar-refractivity contribution in [2.45, 2.75) is 49.9 Å². The van der Waals surface area contributed by atoms with Gasteiger partial charge in [0.2, 0.25) is 11.8 Å². The van der Waals surface area contributed by atoms with Gasteiger partial charge in [0.15, 0.2) is 11.0 Å². The lowest BCUT2D eigenvalue weighted by Gasteiger charge is -2.18. The van der Waals surface area contributed by atoms with Crippen LogP contribution in [0, 0.1) is 0 Å². The Hall–Kier alpha value is -2.06. The monoisotopic (exact) mass is 418 g/mol. The Balaban J connectivity index is 1.58. The number of para-hydroxylation sites is 1. The highest BCUT2D eigenvalue weighted by Gasteiger charge is 2.24. The van der Waals surface area contributed by atoms with Crippen molar-refractivity contribution in [3.8, 4) is 5.69 Å². The molecule has 1 aromatic carbocycles. The predicted octanol–water partition coefficient (Wildman–Crippen LogP) is 4.54. The SMILES string of the molecule is CCCCc1noc(CSc2nnc(N3CCCC3)n2-c2ccccc2Cl)n1. The number of anilines is 1. The molecule has 0 aliphatic carbocycles. The molecule has 7 nitrogen and oxygen atoms in total. The molecule has 0 bridgehead atoms. The normalized spacial score (nSPS) is 14.1. The predicted molar refractivity (Wildman–Crippen MR) is 110 cm³/mol. The van der Waals surface area contributed by atoms with E-state index < -0.39 is 0 Å². The standard InChI is InChI=1S/C19H23ClN6OS/c1-2-3-10-16-21-17(27-24-16)13-28-19-23-22-18(25-11-6-7-12-25)26(19)15-9-5-4-8-14(15)20/h4-5,8-9H,2-3,6-7,10-13H2,1H3. The number of hydrogen-bond donors (Lipinski definition) is 0. The molecule has 0 atom stereocenters. The minimum absolute atomic E-state index is 0.543. The Morgan fingerprint density at radius 3 is 2.79 bits per heavy atom. The fourth-order valence-corrected chi connectivity index (χ4v) is 4.23. The van der Waals surface area contributed by atoms with Crippen molar-refractivity contribution in [2.24, 2.45) is 0 Å². The molecule has 1 fully saturated rings. The van der Waals surface area contributed by atoms with Crippen LogP contribution in [0.3, 0.4) is 0 Å². The molecule has 0 unspecified atom stereocenters. The van der Waals surface area contributed by atoms with Crippen LogP contribution in [0.4, 0.5) is 5.95 Å². The molecule has 1 aliphatic heterocycles. The molecule has 3 aromatic rings. The maximum Gasteiger partial charge on any atom is 0.237 e. The van der Waals surface area contributed by atoms with Gasteiger partial charge in [-0.2, -0.15) is 4.98 Å². The molecule has 28 heavy (non-hydrogen) atoms. The Labute approximate surface area is 173 Å². The van der Waals surface area contributed by atoms with Gasteiger partial charge in [0.05, 0.1) is 16.5 Å². The van der Waals surface area contributed by atoms with Crippen LogP contribution >= 0.6 is 23.4 Å². The van der Waals surface area contributed by atoms with Gasteiger partial charge in [0.25, 0.3) is 0 Å². The third-order valence-electron chi connectivity index (χ3n) is 4.69. The van der Waals surface area contributed by atoms with Gasteiger partial charge in [-0.1, -0.05) is 54.0 Å². The molecule has 0 spiro atoms. The number of unbranched alkanes of at least 4 members (excludes halogenated alkanes) is 1. The third-order valence-corrected chi connectivity index (χ3v) is 5.92. The second-order valence-corrected chi connectivity index (χ2v) is 8.11. The molecular weight excluding hydrogens is 396 g/mol. The zero-order valence-electron chi connectivity index (χ0n) is 15.8. The summed E-state index contributed by atoms with van der Waals surface area (Å²) in [7, 11) is 0. The molecule has 3 heterocycles. The molecule has 0 saturated carbocycles.